The predicted octanol–water partition coefficient (Wildman–Crippen LogP) is 4.31. The van der Waals surface area contributed by atoms with Gasteiger partial charge in [0, 0.05) is 43.0 Å². The number of nitrogens with zero attached hydrogens (tertiary/aromatic N) is 5. The lowest BCUT2D eigenvalue weighted by atomic mass is 10.0. The molecule has 2 fully saturated rings. The first-order valence-corrected chi connectivity index (χ1v) is 12.8. The first-order valence-electron chi connectivity index (χ1n) is 12.0. The molecule has 0 spiro atoms. The van der Waals surface area contributed by atoms with E-state index in [0.29, 0.717) is 63.8 Å². The number of pyridine rings is 1. The maximum atomic E-state index is 13.4. The van der Waals surface area contributed by atoms with Crippen molar-refractivity contribution in [1.82, 2.24) is 24.8 Å². The van der Waals surface area contributed by atoms with Crippen LogP contribution < -0.4 is 5.73 Å². The van der Waals surface area contributed by atoms with Gasteiger partial charge in [-0.05, 0) is 50.1 Å². The summed E-state index contributed by atoms with van der Waals surface area (Å²) in [5.74, 6) is 6.61. The van der Waals surface area contributed by atoms with Crippen LogP contribution in [0.15, 0.2) is 36.8 Å². The highest BCUT2D eigenvalue weighted by Crippen LogP contribution is 2.34. The number of carbonyl (C=O) groups is 1. The van der Waals surface area contributed by atoms with Crippen LogP contribution in [0.3, 0.4) is 0 Å². The lowest BCUT2D eigenvalue weighted by molar-refractivity contribution is 0.0571. The second-order valence-corrected chi connectivity index (χ2v) is 9.83. The van der Waals surface area contributed by atoms with Gasteiger partial charge >= 0.3 is 0 Å². The fourth-order valence-electron chi connectivity index (χ4n) is 4.90. The molecule has 1 unspecified atom stereocenters. The maximum absolute atomic E-state index is 13.4. The van der Waals surface area contributed by atoms with E-state index in [4.69, 9.17) is 28.9 Å². The summed E-state index contributed by atoms with van der Waals surface area (Å²) >= 11 is 13.4. The Morgan fingerprint density at radius 1 is 1.11 bits per heavy atom. The Morgan fingerprint density at radius 2 is 1.92 bits per heavy atom. The molecule has 1 amide bonds. The van der Waals surface area contributed by atoms with Gasteiger partial charge in [-0.3, -0.25) is 9.69 Å². The average molecular weight is 521 g/mol. The quantitative estimate of drug-likeness (QED) is 0.517. The Hall–Kier alpha value is -3.18. The fraction of sp³-hybridized carbons (Fsp3) is 0.333. The van der Waals surface area contributed by atoms with Crippen molar-refractivity contribution in [2.45, 2.75) is 32.2 Å². The Labute approximate surface area is 220 Å². The fourth-order valence-corrected chi connectivity index (χ4v) is 5.55. The van der Waals surface area contributed by atoms with Gasteiger partial charge in [-0.25, -0.2) is 15.0 Å². The van der Waals surface area contributed by atoms with Crippen LogP contribution in [-0.2, 0) is 6.42 Å². The zero-order valence-corrected chi connectivity index (χ0v) is 21.5. The molecule has 1 aromatic carbocycles. The number of fused-ring (bicyclic) bond motifs is 1. The van der Waals surface area contributed by atoms with Gasteiger partial charge in [-0.2, -0.15) is 0 Å². The van der Waals surface area contributed by atoms with Gasteiger partial charge < -0.3 is 10.6 Å². The number of carbonyl (C=O) groups excluding carboxylic acids is 1. The van der Waals surface area contributed by atoms with Gasteiger partial charge in [-0.15, -0.1) is 0 Å². The predicted molar refractivity (Wildman–Crippen MR) is 142 cm³/mol. The molecule has 184 valence electrons. The number of aromatic nitrogens is 3. The molecule has 5 rings (SSSR count). The number of amides is 1. The number of hydrogen-bond acceptors (Lipinski definition) is 6. The third-order valence-electron chi connectivity index (χ3n) is 6.78. The number of benzene rings is 1. The summed E-state index contributed by atoms with van der Waals surface area (Å²) in [7, 11) is 0. The van der Waals surface area contributed by atoms with Crippen molar-refractivity contribution < 1.29 is 4.79 Å². The number of aryl methyl sites for hydroxylation is 1. The monoisotopic (exact) mass is 520 g/mol. The van der Waals surface area contributed by atoms with Crippen molar-refractivity contribution in [3.63, 3.8) is 0 Å². The summed E-state index contributed by atoms with van der Waals surface area (Å²) in [6, 6.07) is 7.42. The molecular weight excluding hydrogens is 495 g/mol. The summed E-state index contributed by atoms with van der Waals surface area (Å²) in [6.45, 7) is 5.39. The molecule has 36 heavy (non-hydrogen) atoms. The summed E-state index contributed by atoms with van der Waals surface area (Å²) in [5.41, 5.74) is 9.51. The first-order chi connectivity index (χ1) is 17.4. The number of halogens is 2. The van der Waals surface area contributed by atoms with Crippen LogP contribution in [0.25, 0.3) is 11.3 Å². The minimum atomic E-state index is -0.129. The topological polar surface area (TPSA) is 88.2 Å². The van der Waals surface area contributed by atoms with Crippen molar-refractivity contribution in [3.8, 4) is 23.1 Å². The molecular formula is C27H26Cl2N6O. The normalized spacial score (nSPS) is 17.4. The van der Waals surface area contributed by atoms with E-state index in [-0.39, 0.29) is 5.91 Å². The molecule has 3 aromatic rings. The van der Waals surface area contributed by atoms with E-state index in [1.807, 2.05) is 17.9 Å². The SMILES string of the molecule is CCc1ncnc(-c2cc(Cl)c(C(=O)N3CCN4CCCC4C3)c(Cl)c2)c1C#Cc1ccc(N)nc1. The molecule has 0 bridgehead atoms. The van der Waals surface area contributed by atoms with E-state index in [0.717, 1.165) is 30.8 Å². The Morgan fingerprint density at radius 3 is 2.64 bits per heavy atom. The van der Waals surface area contributed by atoms with Crippen molar-refractivity contribution in [1.29, 1.82) is 0 Å². The van der Waals surface area contributed by atoms with Gasteiger partial charge in [-0.1, -0.05) is 42.0 Å². The van der Waals surface area contributed by atoms with Gasteiger partial charge in [0.25, 0.3) is 5.91 Å². The standard InChI is InChI=1S/C27H26Cl2N6O/c1-2-23-20(7-5-17-6-8-24(30)31-14-17)26(33-16-32-23)18-12-21(28)25(22(29)13-18)27(36)35-11-10-34-9-3-4-19(34)15-35/h6,8,12-14,16,19H,2-4,9-11,15H2,1H3,(H2,30,31). The van der Waals surface area contributed by atoms with E-state index in [1.54, 1.807) is 24.4 Å². The van der Waals surface area contributed by atoms with E-state index in [2.05, 4.69) is 31.7 Å². The lowest BCUT2D eigenvalue weighted by Gasteiger charge is -2.37. The average Bonchev–Trinajstić information content (AvgIpc) is 3.35. The van der Waals surface area contributed by atoms with Crippen molar-refractivity contribution in [2.24, 2.45) is 0 Å². The molecule has 0 radical (unpaired) electrons. The second kappa shape index (κ2) is 10.4. The molecule has 2 aliphatic rings. The number of hydrogen-bond donors (Lipinski definition) is 1. The van der Waals surface area contributed by atoms with Gasteiger partial charge in [0.15, 0.2) is 0 Å². The smallest absolute Gasteiger partial charge is 0.256 e. The van der Waals surface area contributed by atoms with E-state index < -0.39 is 0 Å². The third-order valence-corrected chi connectivity index (χ3v) is 7.38. The zero-order chi connectivity index (χ0) is 25.2. The van der Waals surface area contributed by atoms with Crippen LogP contribution in [-0.4, -0.2) is 62.9 Å². The molecule has 2 aromatic heterocycles. The Bertz CT molecular complexity index is 1340. The van der Waals surface area contributed by atoms with E-state index in [9.17, 15) is 4.79 Å². The number of anilines is 1. The zero-order valence-electron chi connectivity index (χ0n) is 20.0. The lowest BCUT2D eigenvalue weighted by Crippen LogP contribution is -2.52. The first kappa shape index (κ1) is 24.5. The van der Waals surface area contributed by atoms with Gasteiger partial charge in [0.2, 0.25) is 0 Å². The van der Waals surface area contributed by atoms with Gasteiger partial charge in [0.1, 0.15) is 12.1 Å². The molecule has 2 aliphatic heterocycles. The number of nitrogens with two attached hydrogens (primary N) is 1. The second-order valence-electron chi connectivity index (χ2n) is 9.02. The van der Waals surface area contributed by atoms with Crippen LogP contribution in [0.4, 0.5) is 5.82 Å². The molecule has 1 atom stereocenters. The van der Waals surface area contributed by atoms with Crippen molar-refractivity contribution in [3.05, 3.63) is 69.2 Å². The summed E-state index contributed by atoms with van der Waals surface area (Å²) in [4.78, 5) is 30.7. The summed E-state index contributed by atoms with van der Waals surface area (Å²) < 4.78 is 0. The molecule has 0 aliphatic carbocycles. The third kappa shape index (κ3) is 4.90. The number of piperazine rings is 1. The van der Waals surface area contributed by atoms with E-state index in [1.165, 1.54) is 12.7 Å². The highest BCUT2D eigenvalue weighted by atomic mass is 35.5. The van der Waals surface area contributed by atoms with Gasteiger partial charge in [0.05, 0.1) is 32.6 Å². The largest absolute Gasteiger partial charge is 0.384 e. The molecule has 7 nitrogen and oxygen atoms in total. The molecule has 2 saturated heterocycles. The minimum absolute atomic E-state index is 0.129. The highest BCUT2D eigenvalue weighted by Gasteiger charge is 2.34. The Balaban J connectivity index is 1.48. The minimum Gasteiger partial charge on any atom is -0.384 e. The van der Waals surface area contributed by atoms with E-state index >= 15 is 0 Å². The molecule has 0 saturated carbocycles. The van der Waals surface area contributed by atoms with Crippen LogP contribution in [0.5, 0.6) is 0 Å². The summed E-state index contributed by atoms with van der Waals surface area (Å²) in [6.07, 6.45) is 6.10. The van der Waals surface area contributed by atoms with Crippen LogP contribution in [0.1, 0.15) is 46.9 Å². The molecule has 4 heterocycles. The maximum Gasteiger partial charge on any atom is 0.256 e. The Kier molecular flexibility index (Phi) is 7.10. The number of rotatable bonds is 3. The van der Waals surface area contributed by atoms with Crippen molar-refractivity contribution in [2.75, 3.05) is 31.9 Å². The van der Waals surface area contributed by atoms with Crippen LogP contribution >= 0.6 is 23.2 Å². The van der Waals surface area contributed by atoms with Crippen LogP contribution in [0.2, 0.25) is 10.0 Å². The molecule has 9 heteroatoms. The van der Waals surface area contributed by atoms with Crippen molar-refractivity contribution >= 4 is 34.9 Å². The van der Waals surface area contributed by atoms with Crippen LogP contribution in [0, 0.1) is 11.8 Å². The highest BCUT2D eigenvalue weighted by molar-refractivity contribution is 6.40. The number of nitrogen functional groups attached to an aromatic ring is 1. The summed E-state index contributed by atoms with van der Waals surface area (Å²) in [5, 5.41) is 0.601. The molecule has 2 N–H and O–H groups in total.